The summed E-state index contributed by atoms with van der Waals surface area (Å²) in [6, 6.07) is 13.0. The average molecular weight is 319 g/mol. The minimum Gasteiger partial charge on any atom is -0.495 e. The fourth-order valence-electron chi connectivity index (χ4n) is 1.83. The Kier molecular flexibility index (Phi) is 5.28. The summed E-state index contributed by atoms with van der Waals surface area (Å²) in [5.41, 5.74) is 2.55. The molecule has 0 bridgehead atoms. The number of halogens is 1. The number of nitrogens with one attached hydrogen (secondary N) is 2. The van der Waals surface area contributed by atoms with Crippen molar-refractivity contribution in [3.63, 3.8) is 0 Å². The third-order valence-corrected chi connectivity index (χ3v) is 3.41. The summed E-state index contributed by atoms with van der Waals surface area (Å²) in [6.45, 7) is 3.72. The summed E-state index contributed by atoms with van der Waals surface area (Å²) in [7, 11) is 1.58. The fourth-order valence-corrected chi connectivity index (χ4v) is 2.09. The Bertz CT molecular complexity index is 654. The van der Waals surface area contributed by atoms with E-state index in [2.05, 4.69) is 10.6 Å². The molecule has 4 nitrogen and oxygen atoms in total. The lowest BCUT2D eigenvalue weighted by Gasteiger charge is -2.11. The van der Waals surface area contributed by atoms with E-state index in [-0.39, 0.29) is 11.8 Å². The summed E-state index contributed by atoms with van der Waals surface area (Å²) in [6.07, 6.45) is 0. The van der Waals surface area contributed by atoms with Crippen LogP contribution in [-0.2, 0) is 4.79 Å². The Morgan fingerprint density at radius 2 is 1.64 bits per heavy atom. The van der Waals surface area contributed by atoms with Crippen LogP contribution in [0.3, 0.4) is 0 Å². The largest absolute Gasteiger partial charge is 0.495 e. The van der Waals surface area contributed by atoms with Crippen molar-refractivity contribution < 1.29 is 9.53 Å². The zero-order chi connectivity index (χ0) is 16.1. The molecule has 2 aromatic rings. The lowest BCUT2D eigenvalue weighted by molar-refractivity contribution is -0.118. The minimum atomic E-state index is -0.0424. The van der Waals surface area contributed by atoms with Gasteiger partial charge in [0.05, 0.1) is 12.1 Å². The number of hydrogen-bond donors (Lipinski definition) is 2. The molecule has 0 atom stereocenters. The lowest BCUT2D eigenvalue weighted by Crippen LogP contribution is -2.17. The molecule has 2 rings (SSSR count). The number of carbonyl (C=O) groups is 1. The number of hydrogen-bond acceptors (Lipinski definition) is 3. The van der Waals surface area contributed by atoms with E-state index in [0.29, 0.717) is 10.8 Å². The van der Waals surface area contributed by atoms with Crippen molar-refractivity contribution >= 4 is 34.6 Å². The molecule has 0 saturated heterocycles. The van der Waals surface area contributed by atoms with Gasteiger partial charge in [0.25, 0.3) is 0 Å². The summed E-state index contributed by atoms with van der Waals surface area (Å²) in [5, 5.41) is 6.65. The second-order valence-electron chi connectivity index (χ2n) is 5.20. The van der Waals surface area contributed by atoms with Crippen LogP contribution in [0, 0.1) is 5.92 Å². The van der Waals surface area contributed by atoms with E-state index in [9.17, 15) is 4.79 Å². The number of carbonyl (C=O) groups excluding carboxylic acids is 1. The van der Waals surface area contributed by atoms with Gasteiger partial charge in [-0.2, -0.15) is 0 Å². The van der Waals surface area contributed by atoms with Crippen LogP contribution in [0.5, 0.6) is 5.75 Å². The van der Waals surface area contributed by atoms with Gasteiger partial charge >= 0.3 is 0 Å². The lowest BCUT2D eigenvalue weighted by atomic mass is 10.2. The van der Waals surface area contributed by atoms with Crippen LogP contribution in [0.25, 0.3) is 0 Å². The van der Waals surface area contributed by atoms with E-state index >= 15 is 0 Å². The zero-order valence-electron chi connectivity index (χ0n) is 12.8. The van der Waals surface area contributed by atoms with Gasteiger partial charge < -0.3 is 15.4 Å². The highest BCUT2D eigenvalue weighted by molar-refractivity contribution is 6.32. The minimum absolute atomic E-state index is 0.00245. The maximum Gasteiger partial charge on any atom is 0.226 e. The molecule has 0 unspecified atom stereocenters. The van der Waals surface area contributed by atoms with E-state index in [1.165, 1.54) is 0 Å². The molecule has 5 heteroatoms. The number of anilines is 3. The van der Waals surface area contributed by atoms with Crippen molar-refractivity contribution in [3.8, 4) is 5.75 Å². The van der Waals surface area contributed by atoms with Gasteiger partial charge in [0.2, 0.25) is 5.91 Å². The molecule has 0 radical (unpaired) electrons. The Hall–Kier alpha value is -2.20. The molecule has 2 N–H and O–H groups in total. The molecule has 1 amide bonds. The van der Waals surface area contributed by atoms with Crippen LogP contribution < -0.4 is 15.4 Å². The predicted molar refractivity (Wildman–Crippen MR) is 91.2 cm³/mol. The molecule has 0 fully saturated rings. The van der Waals surface area contributed by atoms with Gasteiger partial charge in [-0.3, -0.25) is 4.79 Å². The number of benzene rings is 2. The molecule has 116 valence electrons. The second kappa shape index (κ2) is 7.18. The van der Waals surface area contributed by atoms with Crippen molar-refractivity contribution in [3.05, 3.63) is 47.5 Å². The summed E-state index contributed by atoms with van der Waals surface area (Å²) in [4.78, 5) is 11.6. The van der Waals surface area contributed by atoms with Crippen LogP contribution in [-0.4, -0.2) is 13.0 Å². The first kappa shape index (κ1) is 16.2. The monoisotopic (exact) mass is 318 g/mol. The van der Waals surface area contributed by atoms with Gasteiger partial charge in [0, 0.05) is 23.0 Å². The molecule has 2 aromatic carbocycles. The van der Waals surface area contributed by atoms with Gasteiger partial charge in [-0.05, 0) is 42.5 Å². The Morgan fingerprint density at radius 3 is 2.18 bits per heavy atom. The first-order valence-electron chi connectivity index (χ1n) is 7.01. The van der Waals surface area contributed by atoms with E-state index < -0.39 is 0 Å². The Labute approximate surface area is 135 Å². The molecule has 0 aromatic heterocycles. The van der Waals surface area contributed by atoms with Crippen LogP contribution >= 0.6 is 11.6 Å². The first-order chi connectivity index (χ1) is 10.5. The highest BCUT2D eigenvalue weighted by Gasteiger charge is 2.07. The van der Waals surface area contributed by atoms with Crippen molar-refractivity contribution in [1.29, 1.82) is 0 Å². The van der Waals surface area contributed by atoms with Crippen LogP contribution in [0.1, 0.15) is 13.8 Å². The maximum absolute atomic E-state index is 11.6. The highest BCUT2D eigenvalue weighted by atomic mass is 35.5. The number of amides is 1. The highest BCUT2D eigenvalue weighted by Crippen LogP contribution is 2.29. The Morgan fingerprint density at radius 1 is 1.05 bits per heavy atom. The first-order valence-corrected chi connectivity index (χ1v) is 7.39. The SMILES string of the molecule is COc1ccc(Nc2ccc(NC(=O)C(C)C)cc2)cc1Cl. The van der Waals surface area contributed by atoms with Gasteiger partial charge in [-0.15, -0.1) is 0 Å². The van der Waals surface area contributed by atoms with Gasteiger partial charge in [-0.1, -0.05) is 25.4 Å². The quantitative estimate of drug-likeness (QED) is 0.841. The molecule has 0 heterocycles. The third kappa shape index (κ3) is 4.15. The van der Waals surface area contributed by atoms with Crippen LogP contribution in [0.2, 0.25) is 5.02 Å². The van der Waals surface area contributed by atoms with Gasteiger partial charge in [0.15, 0.2) is 0 Å². The summed E-state index contributed by atoms with van der Waals surface area (Å²) in [5.74, 6) is 0.598. The normalized spacial score (nSPS) is 10.4. The number of ether oxygens (including phenoxy) is 1. The standard InChI is InChI=1S/C17H19ClN2O2/c1-11(2)17(21)20-13-6-4-12(5-7-13)19-14-8-9-16(22-3)15(18)10-14/h4-11,19H,1-3H3,(H,20,21). The van der Waals surface area contributed by atoms with Crippen LogP contribution in [0.15, 0.2) is 42.5 Å². The molecule has 0 aliphatic heterocycles. The van der Waals surface area contributed by atoms with E-state index in [0.717, 1.165) is 17.1 Å². The smallest absolute Gasteiger partial charge is 0.226 e. The summed E-state index contributed by atoms with van der Waals surface area (Å²) < 4.78 is 5.12. The molecule has 22 heavy (non-hydrogen) atoms. The topological polar surface area (TPSA) is 50.4 Å². The molecule has 0 spiro atoms. The molecule has 0 aliphatic rings. The van der Waals surface area contributed by atoms with E-state index in [1.54, 1.807) is 13.2 Å². The molecular weight excluding hydrogens is 300 g/mol. The average Bonchev–Trinajstić information content (AvgIpc) is 2.49. The summed E-state index contributed by atoms with van der Waals surface area (Å²) >= 11 is 6.10. The molecule has 0 saturated carbocycles. The van der Waals surface area contributed by atoms with Crippen LogP contribution in [0.4, 0.5) is 17.1 Å². The number of rotatable bonds is 5. The maximum atomic E-state index is 11.6. The number of methoxy groups -OCH3 is 1. The Balaban J connectivity index is 2.05. The molecular formula is C17H19ClN2O2. The van der Waals surface area contributed by atoms with Gasteiger partial charge in [-0.25, -0.2) is 0 Å². The zero-order valence-corrected chi connectivity index (χ0v) is 13.6. The van der Waals surface area contributed by atoms with Crippen molar-refractivity contribution in [2.45, 2.75) is 13.8 Å². The third-order valence-electron chi connectivity index (χ3n) is 3.12. The predicted octanol–water partition coefficient (Wildman–Crippen LogP) is 4.69. The van der Waals surface area contributed by atoms with Crippen molar-refractivity contribution in [1.82, 2.24) is 0 Å². The van der Waals surface area contributed by atoms with E-state index in [4.69, 9.17) is 16.3 Å². The molecule has 0 aliphatic carbocycles. The van der Waals surface area contributed by atoms with Gasteiger partial charge in [0.1, 0.15) is 5.75 Å². The van der Waals surface area contributed by atoms with E-state index in [1.807, 2.05) is 50.2 Å². The second-order valence-corrected chi connectivity index (χ2v) is 5.60. The van der Waals surface area contributed by atoms with Crippen molar-refractivity contribution in [2.75, 3.05) is 17.7 Å². The fraction of sp³-hybridized carbons (Fsp3) is 0.235. The van der Waals surface area contributed by atoms with Crippen molar-refractivity contribution in [2.24, 2.45) is 5.92 Å².